The summed E-state index contributed by atoms with van der Waals surface area (Å²) in [6.07, 6.45) is 1.89. The Morgan fingerprint density at radius 3 is 2.05 bits per heavy atom. The van der Waals surface area contributed by atoms with Crippen LogP contribution >= 0.6 is 34.8 Å². The highest BCUT2D eigenvalue weighted by Crippen LogP contribution is 2.28. The first-order valence-corrected chi connectivity index (χ1v) is 15.7. The number of amides is 2. The number of halogens is 3. The van der Waals surface area contributed by atoms with E-state index in [-0.39, 0.29) is 30.6 Å². The zero-order valence-electron chi connectivity index (χ0n) is 22.5. The van der Waals surface area contributed by atoms with Crippen molar-refractivity contribution in [3.05, 3.63) is 99.0 Å². The molecule has 214 valence electrons. The van der Waals surface area contributed by atoms with Crippen LogP contribution in [0.1, 0.15) is 31.4 Å². The van der Waals surface area contributed by atoms with Crippen LogP contribution < -0.4 is 9.62 Å². The summed E-state index contributed by atoms with van der Waals surface area (Å²) in [6.45, 7) is 3.16. The molecular weight excluding hydrogens is 593 g/mol. The lowest BCUT2D eigenvalue weighted by Gasteiger charge is -2.34. The molecule has 3 aromatic rings. The Morgan fingerprint density at radius 2 is 1.50 bits per heavy atom. The SMILES string of the molecule is CC[C@@H](C)NC(=O)[C@H](Cc1ccccc1)N(Cc1c(Cl)cccc1Cl)C(=O)CN(c1ccc(Cl)cc1)S(C)(=O)=O. The van der Waals surface area contributed by atoms with E-state index in [4.69, 9.17) is 34.8 Å². The van der Waals surface area contributed by atoms with Crippen molar-refractivity contribution in [3.63, 3.8) is 0 Å². The Labute approximate surface area is 251 Å². The lowest BCUT2D eigenvalue weighted by atomic mass is 10.0. The van der Waals surface area contributed by atoms with E-state index in [1.165, 1.54) is 17.0 Å². The molecule has 0 fully saturated rings. The number of rotatable bonds is 12. The number of benzene rings is 3. The average molecular weight is 625 g/mol. The molecule has 0 bridgehead atoms. The first kappa shape index (κ1) is 31.7. The second kappa shape index (κ2) is 14.2. The Kier molecular flexibility index (Phi) is 11.3. The second-order valence-corrected chi connectivity index (χ2v) is 12.6. The molecule has 7 nitrogen and oxygen atoms in total. The summed E-state index contributed by atoms with van der Waals surface area (Å²) in [5.41, 5.74) is 1.54. The van der Waals surface area contributed by atoms with E-state index in [0.29, 0.717) is 27.1 Å². The largest absolute Gasteiger partial charge is 0.352 e. The predicted molar refractivity (Wildman–Crippen MR) is 162 cm³/mol. The molecule has 0 spiro atoms. The van der Waals surface area contributed by atoms with Gasteiger partial charge in [-0.05, 0) is 55.3 Å². The zero-order valence-corrected chi connectivity index (χ0v) is 25.6. The van der Waals surface area contributed by atoms with Crippen molar-refractivity contribution in [1.29, 1.82) is 0 Å². The third-order valence-electron chi connectivity index (χ3n) is 6.46. The summed E-state index contributed by atoms with van der Waals surface area (Å²) in [5.74, 6) is -0.969. The van der Waals surface area contributed by atoms with Gasteiger partial charge in [-0.3, -0.25) is 13.9 Å². The van der Waals surface area contributed by atoms with E-state index in [2.05, 4.69) is 5.32 Å². The Hall–Kier alpha value is -2.78. The fraction of sp³-hybridized carbons (Fsp3) is 0.310. The molecule has 11 heteroatoms. The van der Waals surface area contributed by atoms with Gasteiger partial charge in [0.25, 0.3) is 0 Å². The molecule has 0 aliphatic heterocycles. The third kappa shape index (κ3) is 8.61. The van der Waals surface area contributed by atoms with Crippen molar-refractivity contribution >= 4 is 62.3 Å². The fourth-order valence-corrected chi connectivity index (χ4v) is 5.56. The van der Waals surface area contributed by atoms with Gasteiger partial charge in [-0.1, -0.05) is 78.1 Å². The minimum atomic E-state index is -3.89. The van der Waals surface area contributed by atoms with E-state index in [1.54, 1.807) is 30.3 Å². The minimum absolute atomic E-state index is 0.110. The van der Waals surface area contributed by atoms with Crippen LogP contribution in [0.4, 0.5) is 5.69 Å². The molecule has 3 rings (SSSR count). The number of nitrogens with one attached hydrogen (secondary N) is 1. The van der Waals surface area contributed by atoms with Crippen LogP contribution in [-0.2, 0) is 32.6 Å². The molecule has 0 radical (unpaired) electrons. The van der Waals surface area contributed by atoms with Gasteiger partial charge in [0.2, 0.25) is 21.8 Å². The summed E-state index contributed by atoms with van der Waals surface area (Å²) >= 11 is 19.0. The smallest absolute Gasteiger partial charge is 0.244 e. The van der Waals surface area contributed by atoms with Gasteiger partial charge in [0.1, 0.15) is 12.6 Å². The van der Waals surface area contributed by atoms with Crippen LogP contribution in [0.15, 0.2) is 72.8 Å². The van der Waals surface area contributed by atoms with Gasteiger partial charge in [0, 0.05) is 39.6 Å². The lowest BCUT2D eigenvalue weighted by molar-refractivity contribution is -0.140. The molecule has 2 atom stereocenters. The van der Waals surface area contributed by atoms with Crippen molar-refractivity contribution in [3.8, 4) is 0 Å². The van der Waals surface area contributed by atoms with Gasteiger partial charge >= 0.3 is 0 Å². The summed E-state index contributed by atoms with van der Waals surface area (Å²) in [4.78, 5) is 29.1. The van der Waals surface area contributed by atoms with Crippen LogP contribution in [0.3, 0.4) is 0 Å². The molecule has 0 aliphatic rings. The van der Waals surface area contributed by atoms with Gasteiger partial charge in [0.15, 0.2) is 0 Å². The van der Waals surface area contributed by atoms with Crippen molar-refractivity contribution in [2.75, 3.05) is 17.1 Å². The van der Waals surface area contributed by atoms with Crippen molar-refractivity contribution in [2.24, 2.45) is 0 Å². The van der Waals surface area contributed by atoms with Crippen molar-refractivity contribution < 1.29 is 18.0 Å². The summed E-state index contributed by atoms with van der Waals surface area (Å²) < 4.78 is 26.6. The molecule has 0 saturated carbocycles. The molecule has 0 heterocycles. The van der Waals surface area contributed by atoms with Crippen LogP contribution in [0.5, 0.6) is 0 Å². The topological polar surface area (TPSA) is 86.8 Å². The summed E-state index contributed by atoms with van der Waals surface area (Å²) in [7, 11) is -3.89. The summed E-state index contributed by atoms with van der Waals surface area (Å²) in [6, 6.07) is 19.3. The maximum atomic E-state index is 14.1. The molecule has 0 unspecified atom stereocenters. The maximum Gasteiger partial charge on any atom is 0.244 e. The van der Waals surface area contributed by atoms with E-state index in [1.807, 2.05) is 44.2 Å². The lowest BCUT2D eigenvalue weighted by Crippen LogP contribution is -2.54. The predicted octanol–water partition coefficient (Wildman–Crippen LogP) is 5.97. The minimum Gasteiger partial charge on any atom is -0.352 e. The third-order valence-corrected chi connectivity index (χ3v) is 8.56. The standard InChI is InChI=1S/C29H32Cl3N3O4S/c1-4-20(2)33-29(37)27(17-21-9-6-5-7-10-21)34(18-24-25(31)11-8-12-26(24)32)28(36)19-35(40(3,38)39)23-15-13-22(30)14-16-23/h5-16,20,27H,4,17-19H2,1-3H3,(H,33,37)/t20-,27+/m1/s1. The number of carbonyl (C=O) groups is 2. The molecular formula is C29H32Cl3N3O4S. The Morgan fingerprint density at radius 1 is 0.900 bits per heavy atom. The van der Waals surface area contributed by atoms with Crippen LogP contribution in [0.25, 0.3) is 0 Å². The monoisotopic (exact) mass is 623 g/mol. The highest BCUT2D eigenvalue weighted by molar-refractivity contribution is 7.92. The first-order valence-electron chi connectivity index (χ1n) is 12.7. The molecule has 40 heavy (non-hydrogen) atoms. The van der Waals surface area contributed by atoms with Gasteiger partial charge in [-0.25, -0.2) is 8.42 Å². The zero-order chi connectivity index (χ0) is 29.4. The van der Waals surface area contributed by atoms with Crippen LogP contribution in [0, 0.1) is 0 Å². The molecule has 0 aromatic heterocycles. The Balaban J connectivity index is 2.10. The number of hydrogen-bond acceptors (Lipinski definition) is 4. The first-order chi connectivity index (χ1) is 18.9. The van der Waals surface area contributed by atoms with E-state index in [0.717, 1.165) is 16.1 Å². The quantitative estimate of drug-likeness (QED) is 0.269. The van der Waals surface area contributed by atoms with Gasteiger partial charge < -0.3 is 10.2 Å². The van der Waals surface area contributed by atoms with Gasteiger partial charge in [-0.2, -0.15) is 0 Å². The number of sulfonamides is 1. The van der Waals surface area contributed by atoms with Gasteiger partial charge in [-0.15, -0.1) is 0 Å². The number of hydrogen-bond donors (Lipinski definition) is 1. The molecule has 3 aromatic carbocycles. The fourth-order valence-electron chi connectivity index (χ4n) is 4.07. The van der Waals surface area contributed by atoms with Crippen molar-refractivity contribution in [1.82, 2.24) is 10.2 Å². The highest BCUT2D eigenvalue weighted by Gasteiger charge is 2.34. The van der Waals surface area contributed by atoms with Gasteiger partial charge in [0.05, 0.1) is 11.9 Å². The van der Waals surface area contributed by atoms with Crippen LogP contribution in [-0.4, -0.2) is 50.0 Å². The number of carbonyl (C=O) groups excluding carboxylic acids is 2. The van der Waals surface area contributed by atoms with Crippen molar-refractivity contribution in [2.45, 2.75) is 45.3 Å². The number of anilines is 1. The number of nitrogens with zero attached hydrogens (tertiary/aromatic N) is 2. The molecule has 0 aliphatic carbocycles. The molecule has 2 amide bonds. The van der Waals surface area contributed by atoms with Crippen LogP contribution in [0.2, 0.25) is 15.1 Å². The van der Waals surface area contributed by atoms with E-state index in [9.17, 15) is 18.0 Å². The highest BCUT2D eigenvalue weighted by atomic mass is 35.5. The normalized spacial score (nSPS) is 12.8. The van der Waals surface area contributed by atoms with E-state index < -0.39 is 28.5 Å². The molecule has 0 saturated heterocycles. The Bertz CT molecular complexity index is 1400. The van der Waals surface area contributed by atoms with E-state index >= 15 is 0 Å². The summed E-state index contributed by atoms with van der Waals surface area (Å²) in [5, 5.41) is 4.04. The molecule has 1 N–H and O–H groups in total. The second-order valence-electron chi connectivity index (χ2n) is 9.49. The maximum absolute atomic E-state index is 14.1. The average Bonchev–Trinajstić information content (AvgIpc) is 2.91.